The third kappa shape index (κ3) is 4.26. The average Bonchev–Trinajstić information content (AvgIpc) is 3.36. The summed E-state index contributed by atoms with van der Waals surface area (Å²) < 4.78 is 63.2. The molecule has 29 heavy (non-hydrogen) atoms. The number of alkyl halides is 3. The third-order valence-electron chi connectivity index (χ3n) is 3.91. The molecule has 4 aromatic rings. The lowest BCUT2D eigenvalue weighted by Crippen LogP contribution is -2.08. The molecule has 0 amide bonds. The van der Waals surface area contributed by atoms with Crippen LogP contribution in [-0.4, -0.2) is 19.9 Å². The molecular formula is C19H12F4N4O2. The van der Waals surface area contributed by atoms with Crippen LogP contribution < -0.4 is 4.74 Å². The molecule has 0 unspecified atom stereocenters. The Morgan fingerprint density at radius 3 is 2.59 bits per heavy atom. The predicted molar refractivity (Wildman–Crippen MR) is 93.0 cm³/mol. The zero-order chi connectivity index (χ0) is 20.4. The molecule has 148 valence electrons. The fraction of sp³-hybridized carbons (Fsp3) is 0.105. The maximum atomic E-state index is 13.0. The molecule has 6 nitrogen and oxygen atoms in total. The molecule has 0 saturated carbocycles. The van der Waals surface area contributed by atoms with Gasteiger partial charge in [0.2, 0.25) is 5.82 Å². The standard InChI is InChI=1S/C19H12F4N4O2/c20-14-6-4-12(5-7-14)17-24-18(29-26-17)16-8-9-27(25-16)11-28-15-3-1-2-13(10-15)19(21,22)23/h1-10H,11H2. The van der Waals surface area contributed by atoms with E-state index in [0.717, 1.165) is 12.1 Å². The van der Waals surface area contributed by atoms with Gasteiger partial charge in [0.05, 0.1) is 5.56 Å². The second-order valence-electron chi connectivity index (χ2n) is 5.97. The molecule has 0 saturated heterocycles. The van der Waals surface area contributed by atoms with E-state index in [2.05, 4.69) is 15.2 Å². The molecule has 10 heteroatoms. The highest BCUT2D eigenvalue weighted by Crippen LogP contribution is 2.31. The van der Waals surface area contributed by atoms with Crippen LogP contribution >= 0.6 is 0 Å². The Hall–Kier alpha value is -3.69. The van der Waals surface area contributed by atoms with Gasteiger partial charge in [0.25, 0.3) is 5.89 Å². The molecule has 0 atom stereocenters. The number of benzene rings is 2. The molecule has 0 N–H and O–H groups in total. The molecule has 0 aliphatic rings. The third-order valence-corrected chi connectivity index (χ3v) is 3.91. The van der Waals surface area contributed by atoms with Gasteiger partial charge in [-0.1, -0.05) is 11.2 Å². The molecule has 0 aliphatic carbocycles. The minimum atomic E-state index is -4.45. The SMILES string of the molecule is Fc1ccc(-c2noc(-c3ccn(COc4cccc(C(F)(F)F)c4)n3)n2)cc1. The molecule has 0 radical (unpaired) electrons. The van der Waals surface area contributed by atoms with Gasteiger partial charge in [-0.15, -0.1) is 0 Å². The molecule has 0 fully saturated rings. The van der Waals surface area contributed by atoms with Gasteiger partial charge < -0.3 is 9.26 Å². The predicted octanol–water partition coefficient (Wildman–Crippen LogP) is 4.79. The van der Waals surface area contributed by atoms with E-state index in [-0.39, 0.29) is 30.0 Å². The van der Waals surface area contributed by atoms with Crippen LogP contribution in [0.3, 0.4) is 0 Å². The maximum Gasteiger partial charge on any atom is 0.416 e. The van der Waals surface area contributed by atoms with Gasteiger partial charge in [-0.25, -0.2) is 9.07 Å². The first kappa shape index (κ1) is 18.7. The highest BCUT2D eigenvalue weighted by molar-refractivity contribution is 5.57. The Kier molecular flexibility index (Phi) is 4.75. The molecule has 2 heterocycles. The van der Waals surface area contributed by atoms with Crippen molar-refractivity contribution in [2.45, 2.75) is 12.9 Å². The first-order valence-electron chi connectivity index (χ1n) is 8.32. The number of nitrogens with zero attached hydrogens (tertiary/aromatic N) is 4. The lowest BCUT2D eigenvalue weighted by atomic mass is 10.2. The molecule has 0 bridgehead atoms. The van der Waals surface area contributed by atoms with E-state index in [4.69, 9.17) is 9.26 Å². The number of hydrogen-bond donors (Lipinski definition) is 0. The van der Waals surface area contributed by atoms with E-state index in [1.807, 2.05) is 0 Å². The Morgan fingerprint density at radius 1 is 1.03 bits per heavy atom. The summed E-state index contributed by atoms with van der Waals surface area (Å²) in [4.78, 5) is 4.21. The summed E-state index contributed by atoms with van der Waals surface area (Å²) in [5, 5.41) is 8.03. The van der Waals surface area contributed by atoms with Crippen LogP contribution in [0.2, 0.25) is 0 Å². The van der Waals surface area contributed by atoms with Crippen molar-refractivity contribution in [2.75, 3.05) is 0 Å². The number of halogens is 4. The van der Waals surface area contributed by atoms with Crippen LogP contribution in [0.1, 0.15) is 5.56 Å². The molecule has 0 spiro atoms. The van der Waals surface area contributed by atoms with E-state index in [1.165, 1.54) is 41.1 Å². The van der Waals surface area contributed by atoms with Crippen molar-refractivity contribution in [1.29, 1.82) is 0 Å². The first-order chi connectivity index (χ1) is 13.9. The van der Waals surface area contributed by atoms with Gasteiger partial charge in [0.1, 0.15) is 11.6 Å². The Balaban J connectivity index is 1.45. The van der Waals surface area contributed by atoms with Gasteiger partial charge in [-0.05, 0) is 48.5 Å². The van der Waals surface area contributed by atoms with Gasteiger partial charge in [0, 0.05) is 11.8 Å². The Bertz CT molecular complexity index is 1120. The van der Waals surface area contributed by atoms with Gasteiger partial charge >= 0.3 is 6.18 Å². The van der Waals surface area contributed by atoms with E-state index >= 15 is 0 Å². The first-order valence-corrected chi connectivity index (χ1v) is 8.32. The molecule has 0 aliphatic heterocycles. The summed E-state index contributed by atoms with van der Waals surface area (Å²) in [5.41, 5.74) is 0.141. The van der Waals surface area contributed by atoms with Crippen molar-refractivity contribution in [3.8, 4) is 28.7 Å². The van der Waals surface area contributed by atoms with Crippen LogP contribution in [0.4, 0.5) is 17.6 Å². The summed E-state index contributed by atoms with van der Waals surface area (Å²) in [6, 6.07) is 11.8. The van der Waals surface area contributed by atoms with Crippen molar-refractivity contribution in [3.63, 3.8) is 0 Å². The summed E-state index contributed by atoms with van der Waals surface area (Å²) in [6.07, 6.45) is -2.89. The number of rotatable bonds is 5. The highest BCUT2D eigenvalue weighted by atomic mass is 19.4. The fourth-order valence-electron chi connectivity index (χ4n) is 2.49. The minimum absolute atomic E-state index is 0.0632. The lowest BCUT2D eigenvalue weighted by Gasteiger charge is -2.10. The number of ether oxygens (including phenoxy) is 1. The Morgan fingerprint density at radius 2 is 1.83 bits per heavy atom. The van der Waals surface area contributed by atoms with Crippen molar-refractivity contribution in [2.24, 2.45) is 0 Å². The van der Waals surface area contributed by atoms with Crippen LogP contribution in [-0.2, 0) is 12.9 Å². The van der Waals surface area contributed by atoms with Crippen LogP contribution in [0.25, 0.3) is 23.0 Å². The molecular weight excluding hydrogens is 392 g/mol. The minimum Gasteiger partial charge on any atom is -0.471 e. The molecule has 2 aromatic carbocycles. The van der Waals surface area contributed by atoms with Gasteiger partial charge in [-0.3, -0.25) is 0 Å². The van der Waals surface area contributed by atoms with Gasteiger partial charge in [0.15, 0.2) is 12.4 Å². The van der Waals surface area contributed by atoms with Crippen LogP contribution in [0, 0.1) is 5.82 Å². The lowest BCUT2D eigenvalue weighted by molar-refractivity contribution is -0.137. The average molecular weight is 404 g/mol. The zero-order valence-corrected chi connectivity index (χ0v) is 14.6. The molecule has 2 aromatic heterocycles. The van der Waals surface area contributed by atoms with Crippen molar-refractivity contribution >= 4 is 0 Å². The van der Waals surface area contributed by atoms with Crippen molar-refractivity contribution < 1.29 is 26.8 Å². The number of hydrogen-bond acceptors (Lipinski definition) is 5. The monoisotopic (exact) mass is 404 g/mol. The molecule has 4 rings (SSSR count). The highest BCUT2D eigenvalue weighted by Gasteiger charge is 2.30. The van der Waals surface area contributed by atoms with Crippen molar-refractivity contribution in [3.05, 3.63) is 72.2 Å². The van der Waals surface area contributed by atoms with E-state index in [1.54, 1.807) is 12.3 Å². The summed E-state index contributed by atoms with van der Waals surface area (Å²) in [5.74, 6) is 0.0992. The Labute approximate surface area is 161 Å². The van der Waals surface area contributed by atoms with Crippen LogP contribution in [0.5, 0.6) is 5.75 Å². The topological polar surface area (TPSA) is 66.0 Å². The summed E-state index contributed by atoms with van der Waals surface area (Å²) >= 11 is 0. The zero-order valence-electron chi connectivity index (χ0n) is 14.6. The fourth-order valence-corrected chi connectivity index (χ4v) is 2.49. The number of aromatic nitrogens is 4. The second-order valence-corrected chi connectivity index (χ2v) is 5.97. The van der Waals surface area contributed by atoms with Crippen LogP contribution in [0.15, 0.2) is 65.3 Å². The summed E-state index contributed by atoms with van der Waals surface area (Å²) in [6.45, 7) is -0.111. The smallest absolute Gasteiger partial charge is 0.416 e. The van der Waals surface area contributed by atoms with E-state index < -0.39 is 11.7 Å². The largest absolute Gasteiger partial charge is 0.471 e. The van der Waals surface area contributed by atoms with E-state index in [0.29, 0.717) is 11.3 Å². The second kappa shape index (κ2) is 7.38. The van der Waals surface area contributed by atoms with Gasteiger partial charge in [-0.2, -0.15) is 23.3 Å². The quantitative estimate of drug-likeness (QED) is 0.447. The maximum absolute atomic E-state index is 13.0. The van der Waals surface area contributed by atoms with E-state index in [9.17, 15) is 17.6 Å². The normalized spacial score (nSPS) is 11.6. The summed E-state index contributed by atoms with van der Waals surface area (Å²) in [7, 11) is 0. The van der Waals surface area contributed by atoms with Crippen molar-refractivity contribution in [1.82, 2.24) is 19.9 Å².